The zero-order chi connectivity index (χ0) is 14.8. The van der Waals surface area contributed by atoms with E-state index >= 15 is 0 Å². The molecule has 7 heteroatoms. The molecule has 106 valence electrons. The average molecular weight is 303 g/mol. The Hall–Kier alpha value is -2.30. The van der Waals surface area contributed by atoms with Gasteiger partial charge in [0, 0.05) is 11.6 Å². The lowest BCUT2D eigenvalue weighted by molar-refractivity contribution is 0.383. The summed E-state index contributed by atoms with van der Waals surface area (Å²) in [5.41, 5.74) is 2.52. The molecule has 1 heterocycles. The summed E-state index contributed by atoms with van der Waals surface area (Å²) in [4.78, 5) is 7.96. The Balaban J connectivity index is 1.94. The van der Waals surface area contributed by atoms with Crippen molar-refractivity contribution in [2.45, 2.75) is 0 Å². The molecule has 0 spiro atoms. The first-order valence-corrected chi connectivity index (χ1v) is 6.63. The highest BCUT2D eigenvalue weighted by Crippen LogP contribution is 2.26. The maximum Gasteiger partial charge on any atom is 0.247 e. The fraction of sp³-hybridized carbons (Fsp3) is 0. The molecule has 1 atom stereocenters. The number of hydrogen-bond donors (Lipinski definition) is 2. The first-order chi connectivity index (χ1) is 10.2. The van der Waals surface area contributed by atoms with Gasteiger partial charge in [0.05, 0.1) is 5.52 Å². The maximum absolute atomic E-state index is 13.7. The van der Waals surface area contributed by atoms with E-state index in [0.717, 1.165) is 10.7 Å². The number of benzene rings is 2. The first kappa shape index (κ1) is 13.7. The van der Waals surface area contributed by atoms with E-state index in [2.05, 4.69) is 19.2 Å². The van der Waals surface area contributed by atoms with Crippen LogP contribution >= 0.6 is 9.24 Å². The smallest absolute Gasteiger partial charge is 0.247 e. The molecule has 0 aliphatic heterocycles. The minimum atomic E-state index is -0.432. The van der Waals surface area contributed by atoms with E-state index in [9.17, 15) is 4.39 Å². The maximum atomic E-state index is 13.7. The van der Waals surface area contributed by atoms with Gasteiger partial charge >= 0.3 is 0 Å². The van der Waals surface area contributed by atoms with Crippen molar-refractivity contribution in [1.82, 2.24) is 9.97 Å². The highest BCUT2D eigenvalue weighted by atomic mass is 31.0. The standard InChI is InChI=1S/C14H11FN3O2P/c15-11-6-10(21)2-4-13(11)20-9-1-3-12-8(5-9)7-16-14(17-12)18-19/h1-7,19H,21H2,(H,16,17,18). The Kier molecular flexibility index (Phi) is 3.64. The average Bonchev–Trinajstić information content (AvgIpc) is 2.49. The predicted octanol–water partition coefficient (Wildman–Crippen LogP) is 2.86. The molecule has 0 amide bonds. The van der Waals surface area contributed by atoms with Crippen LogP contribution in [0.1, 0.15) is 0 Å². The number of rotatable bonds is 3. The second kappa shape index (κ2) is 5.60. The fourth-order valence-electron chi connectivity index (χ4n) is 1.86. The molecular weight excluding hydrogens is 292 g/mol. The van der Waals surface area contributed by atoms with Crippen LogP contribution in [0, 0.1) is 5.82 Å². The van der Waals surface area contributed by atoms with Gasteiger partial charge < -0.3 is 4.74 Å². The van der Waals surface area contributed by atoms with Gasteiger partial charge in [0.1, 0.15) is 5.75 Å². The minimum absolute atomic E-state index is 0.109. The molecule has 1 unspecified atom stereocenters. The number of nitrogens with zero attached hydrogens (tertiary/aromatic N) is 2. The molecule has 5 nitrogen and oxygen atoms in total. The highest BCUT2D eigenvalue weighted by Gasteiger charge is 2.06. The molecule has 1 aromatic heterocycles. The van der Waals surface area contributed by atoms with Crippen LogP contribution in [-0.4, -0.2) is 15.2 Å². The Morgan fingerprint density at radius 3 is 2.81 bits per heavy atom. The van der Waals surface area contributed by atoms with Crippen LogP contribution < -0.4 is 15.5 Å². The molecule has 0 bridgehead atoms. The molecule has 3 rings (SSSR count). The molecule has 0 aliphatic rings. The van der Waals surface area contributed by atoms with E-state index in [1.807, 2.05) is 5.48 Å². The van der Waals surface area contributed by atoms with Crippen LogP contribution in [0.15, 0.2) is 42.6 Å². The molecule has 3 aromatic rings. The van der Waals surface area contributed by atoms with Gasteiger partial charge in [0.2, 0.25) is 5.95 Å². The van der Waals surface area contributed by atoms with Gasteiger partial charge in [-0.2, -0.15) is 0 Å². The Morgan fingerprint density at radius 2 is 2.05 bits per heavy atom. The third-order valence-electron chi connectivity index (χ3n) is 2.84. The third kappa shape index (κ3) is 2.91. The Bertz CT molecular complexity index is 813. The zero-order valence-electron chi connectivity index (χ0n) is 10.7. The number of anilines is 1. The lowest BCUT2D eigenvalue weighted by atomic mass is 10.2. The predicted molar refractivity (Wildman–Crippen MR) is 80.8 cm³/mol. The van der Waals surface area contributed by atoms with Gasteiger partial charge in [-0.05, 0) is 35.6 Å². The van der Waals surface area contributed by atoms with Crippen LogP contribution in [0.25, 0.3) is 10.9 Å². The number of hydrogen-bond acceptors (Lipinski definition) is 5. The summed E-state index contributed by atoms with van der Waals surface area (Å²) in [5, 5.41) is 10.2. The molecule has 0 saturated heterocycles. The van der Waals surface area contributed by atoms with Crippen molar-refractivity contribution in [3.63, 3.8) is 0 Å². The Morgan fingerprint density at radius 1 is 1.19 bits per heavy atom. The van der Waals surface area contributed by atoms with Gasteiger partial charge in [0.15, 0.2) is 11.6 Å². The normalized spacial score (nSPS) is 10.6. The molecule has 0 fully saturated rings. The monoisotopic (exact) mass is 303 g/mol. The summed E-state index contributed by atoms with van der Waals surface area (Å²) >= 11 is 0. The molecule has 21 heavy (non-hydrogen) atoms. The van der Waals surface area contributed by atoms with Crippen LogP contribution in [0.2, 0.25) is 0 Å². The fourth-order valence-corrected chi connectivity index (χ4v) is 2.10. The molecule has 0 aliphatic carbocycles. The van der Waals surface area contributed by atoms with Crippen molar-refractivity contribution in [3.05, 3.63) is 48.4 Å². The summed E-state index contributed by atoms with van der Waals surface area (Å²) in [6, 6.07) is 9.76. The summed E-state index contributed by atoms with van der Waals surface area (Å²) < 4.78 is 19.3. The first-order valence-electron chi connectivity index (χ1n) is 6.05. The molecule has 2 N–H and O–H groups in total. The van der Waals surface area contributed by atoms with Crippen LogP contribution in [0.3, 0.4) is 0 Å². The van der Waals surface area contributed by atoms with Crippen LogP contribution in [-0.2, 0) is 0 Å². The van der Waals surface area contributed by atoms with Crippen molar-refractivity contribution in [1.29, 1.82) is 0 Å². The van der Waals surface area contributed by atoms with Crippen molar-refractivity contribution in [2.24, 2.45) is 0 Å². The van der Waals surface area contributed by atoms with Gasteiger partial charge in [-0.25, -0.2) is 19.8 Å². The third-order valence-corrected chi connectivity index (χ3v) is 3.19. The number of fused-ring (bicyclic) bond motifs is 1. The number of aromatic nitrogens is 2. The van der Waals surface area contributed by atoms with Crippen molar-refractivity contribution in [3.8, 4) is 11.5 Å². The number of halogens is 1. The van der Waals surface area contributed by atoms with Crippen molar-refractivity contribution >= 4 is 31.4 Å². The second-order valence-electron chi connectivity index (χ2n) is 4.32. The summed E-state index contributed by atoms with van der Waals surface area (Å²) in [6.07, 6.45) is 1.54. The largest absolute Gasteiger partial charge is 0.454 e. The summed E-state index contributed by atoms with van der Waals surface area (Å²) in [5.74, 6) is 0.304. The minimum Gasteiger partial charge on any atom is -0.454 e. The molecule has 2 aromatic carbocycles. The molecule has 0 radical (unpaired) electrons. The quantitative estimate of drug-likeness (QED) is 0.575. The van der Waals surface area contributed by atoms with E-state index in [4.69, 9.17) is 9.94 Å². The van der Waals surface area contributed by atoms with Crippen molar-refractivity contribution < 1.29 is 14.3 Å². The van der Waals surface area contributed by atoms with E-state index in [0.29, 0.717) is 11.3 Å². The molecular formula is C14H11FN3O2P. The summed E-state index contributed by atoms with van der Waals surface area (Å²) in [7, 11) is 2.42. The van der Waals surface area contributed by atoms with E-state index in [1.165, 1.54) is 12.3 Å². The van der Waals surface area contributed by atoms with Crippen LogP contribution in [0.4, 0.5) is 10.3 Å². The van der Waals surface area contributed by atoms with Crippen molar-refractivity contribution in [2.75, 3.05) is 5.48 Å². The highest BCUT2D eigenvalue weighted by molar-refractivity contribution is 7.27. The summed E-state index contributed by atoms with van der Waals surface area (Å²) in [6.45, 7) is 0. The van der Waals surface area contributed by atoms with Gasteiger partial charge in [-0.1, -0.05) is 6.07 Å². The van der Waals surface area contributed by atoms with Crippen LogP contribution in [0.5, 0.6) is 11.5 Å². The van der Waals surface area contributed by atoms with E-state index in [1.54, 1.807) is 30.3 Å². The SMILES string of the molecule is ONc1ncc2cc(Oc3ccc(P)cc3F)ccc2n1. The topological polar surface area (TPSA) is 67.3 Å². The van der Waals surface area contributed by atoms with Gasteiger partial charge in [-0.15, -0.1) is 9.24 Å². The zero-order valence-corrected chi connectivity index (χ0v) is 11.9. The van der Waals surface area contributed by atoms with E-state index < -0.39 is 5.82 Å². The number of ether oxygens (including phenoxy) is 1. The molecule has 0 saturated carbocycles. The van der Waals surface area contributed by atoms with E-state index in [-0.39, 0.29) is 11.7 Å². The Labute approximate surface area is 122 Å². The van der Waals surface area contributed by atoms with Gasteiger partial charge in [-0.3, -0.25) is 5.21 Å². The lowest BCUT2D eigenvalue weighted by Gasteiger charge is -2.08. The lowest BCUT2D eigenvalue weighted by Crippen LogP contribution is -1.97. The second-order valence-corrected chi connectivity index (χ2v) is 4.98. The van der Waals surface area contributed by atoms with Gasteiger partial charge in [0.25, 0.3) is 0 Å². The number of nitrogens with one attached hydrogen (secondary N) is 1.